The minimum atomic E-state index is -0.433. The van der Waals surface area contributed by atoms with Crippen LogP contribution in [0.5, 0.6) is 0 Å². The number of aromatic amines is 1. The summed E-state index contributed by atoms with van der Waals surface area (Å²) in [5.74, 6) is -0.826. The van der Waals surface area contributed by atoms with Crippen LogP contribution >= 0.6 is 0 Å². The molecule has 0 radical (unpaired) electrons. The van der Waals surface area contributed by atoms with Gasteiger partial charge in [0.15, 0.2) is 0 Å². The summed E-state index contributed by atoms with van der Waals surface area (Å²) in [6.45, 7) is 0. The van der Waals surface area contributed by atoms with Crippen molar-refractivity contribution in [2.75, 3.05) is 5.48 Å². The molecule has 2 aromatic heterocycles. The Morgan fingerprint density at radius 1 is 1.12 bits per heavy atom. The summed E-state index contributed by atoms with van der Waals surface area (Å²) in [4.78, 5) is 27.7. The van der Waals surface area contributed by atoms with Crippen LogP contribution in [-0.2, 0) is 12.8 Å². The van der Waals surface area contributed by atoms with E-state index >= 15 is 0 Å². The lowest BCUT2D eigenvalue weighted by Gasteiger charge is -2.08. The van der Waals surface area contributed by atoms with Gasteiger partial charge < -0.3 is 5.21 Å². The van der Waals surface area contributed by atoms with Gasteiger partial charge in [-0.15, -0.1) is 0 Å². The summed E-state index contributed by atoms with van der Waals surface area (Å²) in [5, 5.41) is 24.9. The average molecular weight is 324 g/mol. The second-order valence-electron chi connectivity index (χ2n) is 6.11. The average Bonchev–Trinajstić information content (AvgIpc) is 3.23. The van der Waals surface area contributed by atoms with Gasteiger partial charge in [-0.2, -0.15) is 5.48 Å². The van der Waals surface area contributed by atoms with E-state index in [4.69, 9.17) is 5.21 Å². The van der Waals surface area contributed by atoms with Crippen molar-refractivity contribution in [2.24, 2.45) is 0 Å². The first-order valence-corrected chi connectivity index (χ1v) is 7.63. The minimum absolute atomic E-state index is 0.0251. The first-order valence-electron chi connectivity index (χ1n) is 7.63. The molecular weight excluding hydrogens is 312 g/mol. The van der Waals surface area contributed by atoms with Crippen LogP contribution in [0.15, 0.2) is 12.1 Å². The zero-order valence-electron chi connectivity index (χ0n) is 12.4. The van der Waals surface area contributed by atoms with Gasteiger partial charge in [0.05, 0.1) is 16.5 Å². The van der Waals surface area contributed by atoms with Crippen molar-refractivity contribution in [3.05, 3.63) is 39.6 Å². The van der Waals surface area contributed by atoms with E-state index in [1.165, 1.54) is 6.07 Å². The normalized spacial score (nSPS) is 15.9. The summed E-state index contributed by atoms with van der Waals surface area (Å²) in [6.07, 6.45) is 2.43. The first kappa shape index (κ1) is 13.3. The van der Waals surface area contributed by atoms with Crippen LogP contribution in [0.4, 0.5) is 5.82 Å². The Balaban J connectivity index is 2.04. The molecule has 120 valence electrons. The number of nitrogens with zero attached hydrogens (tertiary/aromatic N) is 1. The number of pyridine rings is 1. The van der Waals surface area contributed by atoms with Crippen molar-refractivity contribution >= 4 is 39.6 Å². The zero-order valence-corrected chi connectivity index (χ0v) is 12.4. The highest BCUT2D eigenvalue weighted by molar-refractivity contribution is 6.31. The molecule has 3 aromatic rings. The fourth-order valence-electron chi connectivity index (χ4n) is 4.02. The lowest BCUT2D eigenvalue weighted by Crippen LogP contribution is -2.31. The topological polar surface area (TPSA) is 121 Å². The third-order valence-electron chi connectivity index (χ3n) is 4.96. The Kier molecular flexibility index (Phi) is 2.35. The number of nitrogens with one attached hydrogen (secondary N) is 3. The first-order chi connectivity index (χ1) is 11.6. The molecule has 0 bridgehead atoms. The fourth-order valence-corrected chi connectivity index (χ4v) is 4.02. The van der Waals surface area contributed by atoms with Gasteiger partial charge in [0.1, 0.15) is 5.52 Å². The van der Waals surface area contributed by atoms with E-state index in [2.05, 4.69) is 10.3 Å². The molecule has 0 unspecified atom stereocenters. The summed E-state index contributed by atoms with van der Waals surface area (Å²) in [7, 11) is 0. The van der Waals surface area contributed by atoms with Crippen LogP contribution in [0.2, 0.25) is 0 Å². The number of benzene rings is 1. The number of carbonyl (C=O) groups excluding carboxylic acids is 2. The Labute approximate surface area is 134 Å². The largest absolute Gasteiger partial charge is 0.740 e. The standard InChI is InChI=1S/C16H12N4O4/c21-15-11-6-2-1-3-7(6)13-10(12(11)16(22)18-15)8-4-5-9(19-23)20(24)14(8)17-13/h4-5,17,19,23H,1-3H2,(H,18,21,22). The molecule has 0 spiro atoms. The summed E-state index contributed by atoms with van der Waals surface area (Å²) in [6, 6.07) is 3.08. The Hall–Kier alpha value is -3.13. The van der Waals surface area contributed by atoms with Gasteiger partial charge >= 0.3 is 0 Å². The SMILES string of the molecule is O=C1NC(=O)c2c1c1c(c3[nH]c4c(ccc(NO)[n+]4[O-])c23)CCC1. The van der Waals surface area contributed by atoms with E-state index in [1.807, 2.05) is 5.48 Å². The molecule has 8 nitrogen and oxygen atoms in total. The predicted molar refractivity (Wildman–Crippen MR) is 84.0 cm³/mol. The van der Waals surface area contributed by atoms with Crippen LogP contribution < -0.4 is 15.5 Å². The van der Waals surface area contributed by atoms with Crippen molar-refractivity contribution in [3.8, 4) is 0 Å². The fraction of sp³-hybridized carbons (Fsp3) is 0.188. The number of fused-ring (bicyclic) bond motifs is 8. The van der Waals surface area contributed by atoms with Crippen molar-refractivity contribution in [1.29, 1.82) is 0 Å². The maximum Gasteiger partial charge on any atom is 0.259 e. The zero-order chi connectivity index (χ0) is 16.6. The second kappa shape index (κ2) is 4.24. The molecule has 2 amide bonds. The highest BCUT2D eigenvalue weighted by Gasteiger charge is 2.37. The number of aromatic nitrogens is 2. The molecule has 8 heteroatoms. The van der Waals surface area contributed by atoms with Gasteiger partial charge in [-0.1, -0.05) is 0 Å². The highest BCUT2D eigenvalue weighted by Crippen LogP contribution is 2.40. The second-order valence-corrected chi connectivity index (χ2v) is 6.11. The smallest absolute Gasteiger partial charge is 0.259 e. The Morgan fingerprint density at radius 2 is 1.88 bits per heavy atom. The van der Waals surface area contributed by atoms with Gasteiger partial charge in [0.2, 0.25) is 11.5 Å². The third kappa shape index (κ3) is 1.39. The molecule has 4 N–H and O–H groups in total. The van der Waals surface area contributed by atoms with E-state index in [-0.39, 0.29) is 17.4 Å². The van der Waals surface area contributed by atoms with E-state index in [1.54, 1.807) is 6.07 Å². The number of imide groups is 1. The summed E-state index contributed by atoms with van der Waals surface area (Å²) in [5.41, 5.74) is 5.48. The number of hydrogen-bond donors (Lipinski definition) is 4. The number of amides is 2. The van der Waals surface area contributed by atoms with Gasteiger partial charge in [0.25, 0.3) is 11.8 Å². The molecule has 1 aromatic carbocycles. The van der Waals surface area contributed by atoms with Crippen molar-refractivity contribution in [2.45, 2.75) is 19.3 Å². The lowest BCUT2D eigenvalue weighted by molar-refractivity contribution is -0.565. The minimum Gasteiger partial charge on any atom is -0.740 e. The number of anilines is 1. The van der Waals surface area contributed by atoms with E-state index in [9.17, 15) is 14.8 Å². The van der Waals surface area contributed by atoms with Crippen LogP contribution in [0.3, 0.4) is 0 Å². The third-order valence-corrected chi connectivity index (χ3v) is 4.96. The molecule has 0 saturated carbocycles. The molecule has 3 heterocycles. The molecule has 0 fully saturated rings. The Bertz CT molecular complexity index is 1100. The van der Waals surface area contributed by atoms with Gasteiger partial charge in [-0.3, -0.25) is 19.9 Å². The molecule has 1 aliphatic heterocycles. The molecule has 0 atom stereocenters. The van der Waals surface area contributed by atoms with Crippen molar-refractivity contribution < 1.29 is 19.5 Å². The van der Waals surface area contributed by atoms with Gasteiger partial charge in [-0.05, 0) is 36.5 Å². The van der Waals surface area contributed by atoms with E-state index in [0.29, 0.717) is 26.6 Å². The summed E-state index contributed by atoms with van der Waals surface area (Å²) < 4.78 is 0.539. The maximum atomic E-state index is 12.4. The number of carbonyl (C=O) groups is 2. The van der Waals surface area contributed by atoms with Gasteiger partial charge in [0, 0.05) is 11.5 Å². The Morgan fingerprint density at radius 3 is 2.67 bits per heavy atom. The number of H-pyrrole nitrogens is 1. The highest BCUT2D eigenvalue weighted by atomic mass is 16.5. The molecule has 2 aliphatic rings. The van der Waals surface area contributed by atoms with E-state index < -0.39 is 5.91 Å². The summed E-state index contributed by atoms with van der Waals surface area (Å²) >= 11 is 0. The lowest BCUT2D eigenvalue weighted by atomic mass is 9.94. The van der Waals surface area contributed by atoms with Crippen molar-refractivity contribution in [3.63, 3.8) is 0 Å². The van der Waals surface area contributed by atoms with Crippen LogP contribution in [0.1, 0.15) is 38.3 Å². The molecule has 24 heavy (non-hydrogen) atoms. The molecule has 5 rings (SSSR count). The molecular formula is C16H12N4O4. The maximum absolute atomic E-state index is 12.4. The molecule has 0 saturated heterocycles. The predicted octanol–water partition coefficient (Wildman–Crippen LogP) is 1.13. The van der Waals surface area contributed by atoms with Crippen LogP contribution in [0.25, 0.3) is 21.9 Å². The number of rotatable bonds is 1. The number of aryl methyl sites for hydroxylation is 1. The van der Waals surface area contributed by atoms with Gasteiger partial charge in [-0.25, -0.2) is 9.94 Å². The van der Waals surface area contributed by atoms with Crippen LogP contribution in [0, 0.1) is 5.21 Å². The monoisotopic (exact) mass is 324 g/mol. The van der Waals surface area contributed by atoms with Crippen molar-refractivity contribution in [1.82, 2.24) is 10.3 Å². The van der Waals surface area contributed by atoms with E-state index in [0.717, 1.165) is 35.9 Å². The quantitative estimate of drug-likeness (QED) is 0.231. The molecule has 1 aliphatic carbocycles. The van der Waals surface area contributed by atoms with Crippen LogP contribution in [-0.4, -0.2) is 22.0 Å². The number of hydrogen-bond acceptors (Lipinski definition) is 5.